The van der Waals surface area contributed by atoms with E-state index in [9.17, 15) is 4.79 Å². The number of ether oxygens (including phenoxy) is 1. The second-order valence-electron chi connectivity index (χ2n) is 15.0. The van der Waals surface area contributed by atoms with Gasteiger partial charge in [-0.3, -0.25) is 4.79 Å². The topological polar surface area (TPSA) is 26.3 Å². The molecular formula is C37H62O2. The average molecular weight is 539 g/mol. The highest BCUT2D eigenvalue weighted by atomic mass is 16.5. The van der Waals surface area contributed by atoms with Crippen molar-refractivity contribution in [1.82, 2.24) is 0 Å². The van der Waals surface area contributed by atoms with Crippen LogP contribution in [-0.4, -0.2) is 12.1 Å². The molecule has 3 saturated carbocycles. The molecule has 222 valence electrons. The zero-order valence-corrected chi connectivity index (χ0v) is 26.8. The van der Waals surface area contributed by atoms with Gasteiger partial charge in [-0.2, -0.15) is 0 Å². The Morgan fingerprint density at radius 2 is 1.77 bits per heavy atom. The summed E-state index contributed by atoms with van der Waals surface area (Å²) >= 11 is 0. The van der Waals surface area contributed by atoms with Crippen molar-refractivity contribution in [3.63, 3.8) is 0 Å². The van der Waals surface area contributed by atoms with Gasteiger partial charge in [-0.25, -0.2) is 0 Å². The van der Waals surface area contributed by atoms with Crippen LogP contribution in [0.25, 0.3) is 0 Å². The van der Waals surface area contributed by atoms with Gasteiger partial charge in [0.25, 0.3) is 0 Å². The zero-order chi connectivity index (χ0) is 28.2. The summed E-state index contributed by atoms with van der Waals surface area (Å²) in [5.41, 5.74) is 4.14. The molecule has 0 aromatic heterocycles. The van der Waals surface area contributed by atoms with Gasteiger partial charge in [0.05, 0.1) is 0 Å². The summed E-state index contributed by atoms with van der Waals surface area (Å²) in [6.45, 7) is 17.0. The molecule has 0 aromatic carbocycles. The third kappa shape index (κ3) is 6.56. The Balaban J connectivity index is 1.35. The third-order valence-corrected chi connectivity index (χ3v) is 12.6. The van der Waals surface area contributed by atoms with E-state index in [1.165, 1.54) is 70.6 Å². The van der Waals surface area contributed by atoms with Crippen LogP contribution in [0.1, 0.15) is 151 Å². The number of allylic oxidation sites excluding steroid dienone is 3. The van der Waals surface area contributed by atoms with Crippen molar-refractivity contribution >= 4 is 5.97 Å². The van der Waals surface area contributed by atoms with Crippen molar-refractivity contribution in [2.45, 2.75) is 157 Å². The molecule has 4 aliphatic carbocycles. The molecule has 4 rings (SSSR count). The van der Waals surface area contributed by atoms with Crippen LogP contribution in [0, 0.1) is 46.3 Å². The highest BCUT2D eigenvalue weighted by Crippen LogP contribution is 2.67. The first-order valence-electron chi connectivity index (χ1n) is 17.2. The minimum atomic E-state index is 0.0453. The maximum Gasteiger partial charge on any atom is 0.306 e. The lowest BCUT2D eigenvalue weighted by Gasteiger charge is -2.58. The number of rotatable bonds is 12. The van der Waals surface area contributed by atoms with Crippen molar-refractivity contribution in [2.75, 3.05) is 0 Å². The van der Waals surface area contributed by atoms with Crippen molar-refractivity contribution < 1.29 is 9.53 Å². The molecule has 0 amide bonds. The quantitative estimate of drug-likeness (QED) is 0.140. The van der Waals surface area contributed by atoms with Crippen molar-refractivity contribution in [1.29, 1.82) is 0 Å². The number of esters is 1. The largest absolute Gasteiger partial charge is 0.462 e. The van der Waals surface area contributed by atoms with Gasteiger partial charge in [0.1, 0.15) is 6.10 Å². The number of hydrogen-bond acceptors (Lipinski definition) is 2. The van der Waals surface area contributed by atoms with Gasteiger partial charge in [-0.1, -0.05) is 90.5 Å². The molecular weight excluding hydrogens is 476 g/mol. The Kier molecular flexibility index (Phi) is 10.5. The van der Waals surface area contributed by atoms with E-state index in [0.29, 0.717) is 23.2 Å². The van der Waals surface area contributed by atoms with Gasteiger partial charge < -0.3 is 4.74 Å². The standard InChI is InChI=1S/C37H62O2/c1-8-10-11-12-13-14-35(38)39-30-21-23-36(6)29(25-30)17-18-31-33-20-19-32(37(33,7)24-22-34(31)36)27(5)15-16-28(9-2)26(3)4/h9,17,26-27,30-34H,8,10-16,18-25H2,1-7H3/b28-9+/t27-,30+,31+,32-,33+,34+,36+,37-/m1/s1. The second kappa shape index (κ2) is 13.3. The van der Waals surface area contributed by atoms with Crippen LogP contribution in [0.15, 0.2) is 23.3 Å². The molecule has 4 aliphatic rings. The number of hydrogen-bond donors (Lipinski definition) is 0. The first kappa shape index (κ1) is 30.9. The molecule has 0 aromatic rings. The lowest BCUT2D eigenvalue weighted by Crippen LogP contribution is -2.51. The van der Waals surface area contributed by atoms with E-state index in [-0.39, 0.29) is 12.1 Å². The first-order chi connectivity index (χ1) is 18.6. The van der Waals surface area contributed by atoms with E-state index < -0.39 is 0 Å². The second-order valence-corrected chi connectivity index (χ2v) is 15.0. The van der Waals surface area contributed by atoms with Gasteiger partial charge >= 0.3 is 5.97 Å². The molecule has 39 heavy (non-hydrogen) atoms. The predicted molar refractivity (Wildman–Crippen MR) is 165 cm³/mol. The summed E-state index contributed by atoms with van der Waals surface area (Å²) in [5.74, 6) is 5.03. The fourth-order valence-corrected chi connectivity index (χ4v) is 10.2. The molecule has 0 spiro atoms. The summed E-state index contributed by atoms with van der Waals surface area (Å²) < 4.78 is 6.03. The van der Waals surface area contributed by atoms with E-state index in [0.717, 1.165) is 55.3 Å². The molecule has 2 heteroatoms. The molecule has 0 heterocycles. The molecule has 3 fully saturated rings. The molecule has 8 atom stereocenters. The van der Waals surface area contributed by atoms with Crippen LogP contribution >= 0.6 is 0 Å². The average Bonchev–Trinajstić information content (AvgIpc) is 3.26. The Labute approximate surface area is 242 Å². The molecule has 2 nitrogen and oxygen atoms in total. The molecule has 0 N–H and O–H groups in total. The molecule has 0 aliphatic heterocycles. The molecule has 0 radical (unpaired) electrons. The fraction of sp³-hybridized carbons (Fsp3) is 0.865. The van der Waals surface area contributed by atoms with Crippen molar-refractivity contribution in [2.24, 2.45) is 46.3 Å². The number of unbranched alkanes of at least 4 members (excludes halogenated alkanes) is 4. The Hall–Kier alpha value is -1.05. The van der Waals surface area contributed by atoms with Gasteiger partial charge in [0.2, 0.25) is 0 Å². The van der Waals surface area contributed by atoms with E-state index in [4.69, 9.17) is 4.74 Å². The minimum absolute atomic E-state index is 0.0453. The van der Waals surface area contributed by atoms with Crippen molar-refractivity contribution in [3.8, 4) is 0 Å². The minimum Gasteiger partial charge on any atom is -0.462 e. The van der Waals surface area contributed by atoms with Gasteiger partial charge in [0.15, 0.2) is 0 Å². The van der Waals surface area contributed by atoms with Crippen LogP contribution < -0.4 is 0 Å². The van der Waals surface area contributed by atoms with E-state index in [1.807, 2.05) is 0 Å². The van der Waals surface area contributed by atoms with Crippen LogP contribution in [0.4, 0.5) is 0 Å². The highest BCUT2D eigenvalue weighted by Gasteiger charge is 2.59. The van der Waals surface area contributed by atoms with Crippen LogP contribution in [0.2, 0.25) is 0 Å². The molecule has 0 bridgehead atoms. The first-order valence-corrected chi connectivity index (χ1v) is 17.2. The number of carbonyl (C=O) groups excluding carboxylic acids is 1. The maximum atomic E-state index is 12.5. The van der Waals surface area contributed by atoms with Gasteiger partial charge in [0, 0.05) is 12.8 Å². The molecule has 0 unspecified atom stereocenters. The maximum absolute atomic E-state index is 12.5. The fourth-order valence-electron chi connectivity index (χ4n) is 10.2. The third-order valence-electron chi connectivity index (χ3n) is 12.6. The SMILES string of the molecule is C/C=C(\CC[C@@H](C)[C@H]1CC[C@H]2[C@@H]3CC=C4C[C@@H](OC(=O)CCCCCCC)CC[C@]4(C)[C@H]3CC[C@]12C)C(C)C. The monoisotopic (exact) mass is 538 g/mol. The van der Waals surface area contributed by atoms with Crippen LogP contribution in [0.5, 0.6) is 0 Å². The van der Waals surface area contributed by atoms with E-state index in [2.05, 4.69) is 60.6 Å². The van der Waals surface area contributed by atoms with Crippen molar-refractivity contribution in [3.05, 3.63) is 23.3 Å². The summed E-state index contributed by atoms with van der Waals surface area (Å²) in [6, 6.07) is 0. The normalized spacial score (nSPS) is 37.1. The lowest BCUT2D eigenvalue weighted by molar-refractivity contribution is -0.151. The Bertz CT molecular complexity index is 882. The molecule has 0 saturated heterocycles. The smallest absolute Gasteiger partial charge is 0.306 e. The summed E-state index contributed by atoms with van der Waals surface area (Å²) in [4.78, 5) is 12.5. The number of fused-ring (bicyclic) bond motifs is 5. The van der Waals surface area contributed by atoms with Gasteiger partial charge in [-0.15, -0.1) is 0 Å². The lowest BCUT2D eigenvalue weighted by atomic mass is 9.47. The van der Waals surface area contributed by atoms with E-state index in [1.54, 1.807) is 11.1 Å². The van der Waals surface area contributed by atoms with Crippen LogP contribution in [0.3, 0.4) is 0 Å². The zero-order valence-electron chi connectivity index (χ0n) is 26.8. The number of carbonyl (C=O) groups is 1. The highest BCUT2D eigenvalue weighted by molar-refractivity contribution is 5.69. The summed E-state index contributed by atoms with van der Waals surface area (Å²) in [5, 5.41) is 0. The summed E-state index contributed by atoms with van der Waals surface area (Å²) in [6.07, 6.45) is 24.6. The Morgan fingerprint density at radius 1 is 1.00 bits per heavy atom. The summed E-state index contributed by atoms with van der Waals surface area (Å²) in [7, 11) is 0. The van der Waals surface area contributed by atoms with Gasteiger partial charge in [-0.05, 0) is 117 Å². The predicted octanol–water partition coefficient (Wildman–Crippen LogP) is 10.9. The Morgan fingerprint density at radius 3 is 2.49 bits per heavy atom. The van der Waals surface area contributed by atoms with Crippen LogP contribution in [-0.2, 0) is 9.53 Å². The van der Waals surface area contributed by atoms with E-state index >= 15 is 0 Å².